The Morgan fingerprint density at radius 1 is 1.06 bits per heavy atom. The lowest BCUT2D eigenvalue weighted by atomic mass is 9.46. The van der Waals surface area contributed by atoms with Crippen molar-refractivity contribution in [1.82, 2.24) is 0 Å². The first-order valence-corrected chi connectivity index (χ1v) is 12.8. The Kier molecular flexibility index (Phi) is 5.94. The van der Waals surface area contributed by atoms with E-state index in [2.05, 4.69) is 26.8 Å². The van der Waals surface area contributed by atoms with Crippen LogP contribution in [-0.4, -0.2) is 27.6 Å². The van der Waals surface area contributed by atoms with Crippen LogP contribution in [0.5, 0.6) is 0 Å². The number of alkyl halides is 3. The van der Waals surface area contributed by atoms with E-state index < -0.39 is 17.4 Å². The first-order chi connectivity index (χ1) is 14.6. The Bertz CT molecular complexity index is 754. The number of hydrogen-bond acceptors (Lipinski definition) is 2. The molecule has 2 nitrogen and oxygen atoms in total. The zero-order chi connectivity index (χ0) is 23.7. The molecule has 0 radical (unpaired) electrons. The maximum absolute atomic E-state index is 13.1. The molecule has 32 heavy (non-hydrogen) atoms. The first-order valence-electron chi connectivity index (χ1n) is 12.8. The lowest BCUT2D eigenvalue weighted by molar-refractivity contribution is -0.256. The summed E-state index contributed by atoms with van der Waals surface area (Å²) >= 11 is 0. The summed E-state index contributed by atoms with van der Waals surface area (Å²) < 4.78 is 39.4. The second kappa shape index (κ2) is 7.73. The van der Waals surface area contributed by atoms with Crippen molar-refractivity contribution >= 4 is 0 Å². The van der Waals surface area contributed by atoms with E-state index >= 15 is 0 Å². The van der Waals surface area contributed by atoms with Crippen molar-refractivity contribution in [3.8, 4) is 0 Å². The summed E-state index contributed by atoms with van der Waals surface area (Å²) in [6.07, 6.45) is 6.52. The normalized spacial score (nSPS) is 47.0. The van der Waals surface area contributed by atoms with E-state index in [4.69, 9.17) is 0 Å². The highest BCUT2D eigenvalue weighted by Gasteiger charge is 2.60. The molecule has 2 N–H and O–H groups in total. The first kappa shape index (κ1) is 24.6. The lowest BCUT2D eigenvalue weighted by Crippen LogP contribution is -2.52. The van der Waals surface area contributed by atoms with E-state index in [-0.39, 0.29) is 23.2 Å². The van der Waals surface area contributed by atoms with Gasteiger partial charge in [0.2, 0.25) is 0 Å². The van der Waals surface area contributed by atoms with Gasteiger partial charge in [0.1, 0.15) is 0 Å². The fraction of sp³-hybridized carbons (Fsp3) is 0.926. The number of aliphatic hydroxyl groups is 2. The molecule has 0 bridgehead atoms. The quantitative estimate of drug-likeness (QED) is 0.445. The summed E-state index contributed by atoms with van der Waals surface area (Å²) in [7, 11) is 0. The molecule has 4 rings (SSSR count). The van der Waals surface area contributed by atoms with Gasteiger partial charge in [-0.25, -0.2) is 0 Å². The molecular formula is C27H43F3O2. The van der Waals surface area contributed by atoms with Crippen LogP contribution in [0, 0.1) is 40.4 Å². The average Bonchev–Trinajstić information content (AvgIpc) is 3.03. The van der Waals surface area contributed by atoms with Crippen molar-refractivity contribution in [2.24, 2.45) is 40.4 Å². The highest BCUT2D eigenvalue weighted by Crippen LogP contribution is 2.67. The van der Waals surface area contributed by atoms with Crippen LogP contribution < -0.4 is 0 Å². The number of hydrogen-bond donors (Lipinski definition) is 2. The monoisotopic (exact) mass is 456 g/mol. The molecule has 0 amide bonds. The molecule has 0 aromatic heterocycles. The molecule has 184 valence electrons. The smallest absolute Gasteiger partial charge is 0.390 e. The minimum Gasteiger partial charge on any atom is -0.390 e. The minimum absolute atomic E-state index is 0.186. The molecule has 9 atom stereocenters. The number of allylic oxidation sites excluding steroid dienone is 1. The van der Waals surface area contributed by atoms with Crippen LogP contribution >= 0.6 is 0 Å². The maximum Gasteiger partial charge on any atom is 0.416 e. The van der Waals surface area contributed by atoms with Gasteiger partial charge in [0, 0.05) is 0 Å². The average molecular weight is 457 g/mol. The number of fused-ring (bicyclic) bond motifs is 5. The summed E-state index contributed by atoms with van der Waals surface area (Å²) in [6.45, 7) is 9.84. The van der Waals surface area contributed by atoms with Crippen LogP contribution in [0.2, 0.25) is 0 Å². The summed E-state index contributed by atoms with van der Waals surface area (Å²) in [5, 5.41) is 20.6. The van der Waals surface area contributed by atoms with Gasteiger partial charge in [0.25, 0.3) is 0 Å². The van der Waals surface area contributed by atoms with E-state index in [1.165, 1.54) is 18.4 Å². The molecule has 0 spiro atoms. The zero-order valence-corrected chi connectivity index (χ0v) is 20.6. The number of rotatable bonds is 4. The predicted octanol–water partition coefficient (Wildman–Crippen LogP) is 7.05. The van der Waals surface area contributed by atoms with Crippen LogP contribution in [0.3, 0.4) is 0 Å². The van der Waals surface area contributed by atoms with Gasteiger partial charge < -0.3 is 10.2 Å². The molecule has 3 saturated carbocycles. The van der Waals surface area contributed by atoms with E-state index in [9.17, 15) is 23.4 Å². The van der Waals surface area contributed by atoms with Crippen LogP contribution in [-0.2, 0) is 0 Å². The van der Waals surface area contributed by atoms with Crippen LogP contribution in [0.25, 0.3) is 0 Å². The highest BCUT2D eigenvalue weighted by atomic mass is 19.4. The standard InChI is InChI=1S/C27H43F3O2/c1-17(10-13-26(5,32)27(28,29)30)20-8-9-21-19-7-6-18-16-23(2,31)14-15-24(18,3)22(19)11-12-25(20,21)4/h6,17,19-22,31-32H,7-16H2,1-5H3/t17-,19+,20-,21+,22?,23+,24+,25-,26?/m1/s1. The molecule has 0 aliphatic heterocycles. The van der Waals surface area contributed by atoms with Crippen LogP contribution in [0.1, 0.15) is 98.8 Å². The van der Waals surface area contributed by atoms with E-state index in [0.29, 0.717) is 30.1 Å². The molecule has 2 unspecified atom stereocenters. The van der Waals surface area contributed by atoms with Gasteiger partial charge in [-0.05, 0) is 118 Å². The van der Waals surface area contributed by atoms with Crippen LogP contribution in [0.4, 0.5) is 13.2 Å². The second-order valence-corrected chi connectivity index (χ2v) is 12.9. The molecule has 5 heteroatoms. The van der Waals surface area contributed by atoms with Crippen LogP contribution in [0.15, 0.2) is 11.6 Å². The van der Waals surface area contributed by atoms with Gasteiger partial charge in [-0.3, -0.25) is 0 Å². The van der Waals surface area contributed by atoms with Crippen molar-refractivity contribution in [2.45, 2.75) is 116 Å². The third kappa shape index (κ3) is 3.87. The molecule has 3 fully saturated rings. The Morgan fingerprint density at radius 3 is 2.41 bits per heavy atom. The Balaban J connectivity index is 1.49. The van der Waals surface area contributed by atoms with E-state index in [1.54, 1.807) is 0 Å². The highest BCUT2D eigenvalue weighted by molar-refractivity contribution is 5.26. The Labute approximate surface area is 192 Å². The van der Waals surface area contributed by atoms with E-state index in [0.717, 1.165) is 45.4 Å². The Hall–Kier alpha value is -0.550. The molecule has 0 aromatic rings. The third-order valence-electron chi connectivity index (χ3n) is 10.8. The number of halogens is 3. The Morgan fingerprint density at radius 2 is 1.75 bits per heavy atom. The van der Waals surface area contributed by atoms with E-state index in [1.807, 2.05) is 6.92 Å². The largest absolute Gasteiger partial charge is 0.416 e. The second-order valence-electron chi connectivity index (χ2n) is 12.9. The van der Waals surface area contributed by atoms with Crippen molar-refractivity contribution in [3.63, 3.8) is 0 Å². The SMILES string of the molecule is C[C@H](CCC(C)(O)C(F)(F)F)[C@H]1CC[C@H]2[C@@H]3CC=C4C[C@@](C)(O)CC[C@]4(C)C3CC[C@]12C. The van der Waals surface area contributed by atoms with Crippen molar-refractivity contribution in [1.29, 1.82) is 0 Å². The predicted molar refractivity (Wildman–Crippen MR) is 121 cm³/mol. The van der Waals surface area contributed by atoms with Gasteiger partial charge in [-0.2, -0.15) is 13.2 Å². The van der Waals surface area contributed by atoms with Crippen molar-refractivity contribution in [2.75, 3.05) is 0 Å². The molecule has 0 heterocycles. The molecular weight excluding hydrogens is 413 g/mol. The summed E-state index contributed by atoms with van der Waals surface area (Å²) in [5.74, 6) is 2.57. The van der Waals surface area contributed by atoms with Gasteiger partial charge in [0.05, 0.1) is 5.60 Å². The molecule has 4 aliphatic carbocycles. The molecule has 4 aliphatic rings. The van der Waals surface area contributed by atoms with Gasteiger partial charge >= 0.3 is 6.18 Å². The van der Waals surface area contributed by atoms with Crippen molar-refractivity contribution in [3.05, 3.63) is 11.6 Å². The maximum atomic E-state index is 13.1. The third-order valence-corrected chi connectivity index (χ3v) is 10.8. The summed E-state index contributed by atoms with van der Waals surface area (Å²) in [6, 6.07) is 0. The van der Waals surface area contributed by atoms with Gasteiger partial charge in [-0.15, -0.1) is 0 Å². The fourth-order valence-corrected chi connectivity index (χ4v) is 8.63. The van der Waals surface area contributed by atoms with Gasteiger partial charge in [0.15, 0.2) is 5.60 Å². The minimum atomic E-state index is -4.57. The topological polar surface area (TPSA) is 40.5 Å². The van der Waals surface area contributed by atoms with Gasteiger partial charge in [-0.1, -0.05) is 32.4 Å². The summed E-state index contributed by atoms with van der Waals surface area (Å²) in [4.78, 5) is 0. The molecule has 0 saturated heterocycles. The molecule has 0 aromatic carbocycles. The fourth-order valence-electron chi connectivity index (χ4n) is 8.63. The summed E-state index contributed by atoms with van der Waals surface area (Å²) in [5.41, 5.74) is -1.32. The van der Waals surface area contributed by atoms with Crippen molar-refractivity contribution < 1.29 is 23.4 Å². The zero-order valence-electron chi connectivity index (χ0n) is 20.6. The lowest BCUT2D eigenvalue weighted by Gasteiger charge is -2.59.